The van der Waals surface area contributed by atoms with Gasteiger partial charge in [0.25, 0.3) is 0 Å². The highest BCUT2D eigenvalue weighted by Gasteiger charge is 2.39. The number of nitrogens with one attached hydrogen (secondary N) is 1. The van der Waals surface area contributed by atoms with Gasteiger partial charge >= 0.3 is 8.80 Å². The molecule has 1 atom stereocenters. The molecule has 114 valence electrons. The molecule has 1 rings (SSSR count). The quantitative estimate of drug-likeness (QED) is 0.622. The summed E-state index contributed by atoms with van der Waals surface area (Å²) in [5.74, 6) is 0. The van der Waals surface area contributed by atoms with E-state index in [4.69, 9.17) is 18.0 Å². The predicted molar refractivity (Wildman–Crippen MR) is 77.3 cm³/mol. The third-order valence-corrected chi connectivity index (χ3v) is 6.26. The van der Waals surface area contributed by atoms with Crippen molar-refractivity contribution in [3.8, 4) is 0 Å². The summed E-state index contributed by atoms with van der Waals surface area (Å²) >= 11 is 0. The molecule has 0 aromatic rings. The van der Waals surface area contributed by atoms with Gasteiger partial charge in [-0.3, -0.25) is 0 Å². The minimum absolute atomic E-state index is 0.324. The molecule has 0 saturated carbocycles. The second-order valence-electron chi connectivity index (χ2n) is 4.57. The first-order valence-electron chi connectivity index (χ1n) is 7.50. The SMILES string of the molecule is CCO[Si](CCCC1CNCCO1)(OCC)OCC. The molecule has 1 aliphatic heterocycles. The van der Waals surface area contributed by atoms with Crippen molar-refractivity contribution in [2.75, 3.05) is 39.5 Å². The van der Waals surface area contributed by atoms with Gasteiger partial charge in [0.05, 0.1) is 12.7 Å². The van der Waals surface area contributed by atoms with Crippen molar-refractivity contribution in [1.29, 1.82) is 0 Å². The molecule has 1 saturated heterocycles. The van der Waals surface area contributed by atoms with E-state index in [1.54, 1.807) is 0 Å². The maximum Gasteiger partial charge on any atom is 0.500 e. The van der Waals surface area contributed by atoms with Gasteiger partial charge in [0.1, 0.15) is 0 Å². The molecular formula is C13H29NO4Si. The van der Waals surface area contributed by atoms with Crippen molar-refractivity contribution in [3.05, 3.63) is 0 Å². The van der Waals surface area contributed by atoms with E-state index in [2.05, 4.69) is 5.32 Å². The van der Waals surface area contributed by atoms with Crippen LogP contribution in [0, 0.1) is 0 Å². The van der Waals surface area contributed by atoms with Gasteiger partial charge in [0.2, 0.25) is 0 Å². The third-order valence-electron chi connectivity index (χ3n) is 3.11. The number of hydrogen-bond donors (Lipinski definition) is 1. The van der Waals surface area contributed by atoms with Crippen LogP contribution in [0.15, 0.2) is 0 Å². The molecular weight excluding hydrogens is 262 g/mol. The van der Waals surface area contributed by atoms with Crippen LogP contribution >= 0.6 is 0 Å². The van der Waals surface area contributed by atoms with Crippen molar-refractivity contribution in [2.24, 2.45) is 0 Å². The van der Waals surface area contributed by atoms with Crippen LogP contribution in [-0.4, -0.2) is 54.4 Å². The lowest BCUT2D eigenvalue weighted by molar-refractivity contribution is 0.0211. The second kappa shape index (κ2) is 9.85. The average molecular weight is 291 g/mol. The summed E-state index contributed by atoms with van der Waals surface area (Å²) in [4.78, 5) is 0. The Bertz CT molecular complexity index is 208. The summed E-state index contributed by atoms with van der Waals surface area (Å²) in [6.07, 6.45) is 2.39. The van der Waals surface area contributed by atoms with E-state index in [9.17, 15) is 0 Å². The van der Waals surface area contributed by atoms with Crippen molar-refractivity contribution < 1.29 is 18.0 Å². The molecule has 0 aromatic carbocycles. The summed E-state index contributed by atoms with van der Waals surface area (Å²) in [5, 5.41) is 3.35. The molecule has 5 nitrogen and oxygen atoms in total. The maximum atomic E-state index is 5.84. The van der Waals surface area contributed by atoms with Crippen LogP contribution in [0.4, 0.5) is 0 Å². The Morgan fingerprint density at radius 3 is 2.21 bits per heavy atom. The second-order valence-corrected chi connectivity index (χ2v) is 7.30. The topological polar surface area (TPSA) is 49.0 Å². The lowest BCUT2D eigenvalue weighted by atomic mass is 10.2. The zero-order valence-corrected chi connectivity index (χ0v) is 13.6. The largest absolute Gasteiger partial charge is 0.500 e. The van der Waals surface area contributed by atoms with E-state index in [1.165, 1.54) is 0 Å². The molecule has 1 fully saturated rings. The Morgan fingerprint density at radius 1 is 1.11 bits per heavy atom. The average Bonchev–Trinajstić information content (AvgIpc) is 2.41. The van der Waals surface area contributed by atoms with Crippen LogP contribution < -0.4 is 5.32 Å². The fraction of sp³-hybridized carbons (Fsp3) is 1.00. The Hall–Kier alpha value is 0.0169. The highest BCUT2D eigenvalue weighted by molar-refractivity contribution is 6.60. The molecule has 0 radical (unpaired) electrons. The van der Waals surface area contributed by atoms with E-state index in [0.717, 1.165) is 38.6 Å². The monoisotopic (exact) mass is 291 g/mol. The molecule has 0 aromatic heterocycles. The minimum atomic E-state index is -2.46. The predicted octanol–water partition coefficient (Wildman–Crippen LogP) is 1.80. The van der Waals surface area contributed by atoms with Gasteiger partial charge in [-0.25, -0.2) is 0 Å². The summed E-state index contributed by atoms with van der Waals surface area (Å²) in [6.45, 7) is 10.7. The summed E-state index contributed by atoms with van der Waals surface area (Å²) in [7, 11) is -2.46. The van der Waals surface area contributed by atoms with Crippen LogP contribution in [0.1, 0.15) is 33.6 Å². The highest BCUT2D eigenvalue weighted by Crippen LogP contribution is 2.20. The smallest absolute Gasteiger partial charge is 0.376 e. The van der Waals surface area contributed by atoms with Gasteiger partial charge in [-0.15, -0.1) is 0 Å². The van der Waals surface area contributed by atoms with E-state index >= 15 is 0 Å². The molecule has 19 heavy (non-hydrogen) atoms. The lowest BCUT2D eigenvalue weighted by Crippen LogP contribution is -2.46. The molecule has 0 spiro atoms. The van der Waals surface area contributed by atoms with Crippen molar-refractivity contribution >= 4 is 8.80 Å². The fourth-order valence-electron chi connectivity index (χ4n) is 2.35. The Labute approximate surface area is 118 Å². The molecule has 1 unspecified atom stereocenters. The molecule has 0 amide bonds. The van der Waals surface area contributed by atoms with Crippen molar-refractivity contribution in [1.82, 2.24) is 5.32 Å². The zero-order valence-electron chi connectivity index (χ0n) is 12.6. The summed E-state index contributed by atoms with van der Waals surface area (Å²) in [6, 6.07) is 0.877. The van der Waals surface area contributed by atoms with Crippen LogP contribution in [0.5, 0.6) is 0 Å². The van der Waals surface area contributed by atoms with Crippen LogP contribution in [0.25, 0.3) is 0 Å². The minimum Gasteiger partial charge on any atom is -0.376 e. The summed E-state index contributed by atoms with van der Waals surface area (Å²) in [5.41, 5.74) is 0. The molecule has 0 aliphatic carbocycles. The number of morpholine rings is 1. The lowest BCUT2D eigenvalue weighted by Gasteiger charge is -2.29. The van der Waals surface area contributed by atoms with Gasteiger partial charge in [-0.1, -0.05) is 0 Å². The van der Waals surface area contributed by atoms with Gasteiger partial charge in [-0.05, 0) is 33.6 Å². The van der Waals surface area contributed by atoms with E-state index in [1.807, 2.05) is 20.8 Å². The number of hydrogen-bond acceptors (Lipinski definition) is 5. The van der Waals surface area contributed by atoms with E-state index in [-0.39, 0.29) is 0 Å². The van der Waals surface area contributed by atoms with Gasteiger partial charge in [0.15, 0.2) is 0 Å². The number of ether oxygens (including phenoxy) is 1. The number of rotatable bonds is 10. The first-order valence-corrected chi connectivity index (χ1v) is 9.43. The first-order chi connectivity index (χ1) is 9.26. The Balaban J connectivity index is 2.36. The van der Waals surface area contributed by atoms with Gasteiger partial charge in [-0.2, -0.15) is 0 Å². The van der Waals surface area contributed by atoms with E-state index in [0.29, 0.717) is 25.9 Å². The molecule has 6 heteroatoms. The third kappa shape index (κ3) is 6.33. The zero-order chi connectivity index (χ0) is 14.0. The molecule has 1 aliphatic rings. The molecule has 1 heterocycles. The Kier molecular flexibility index (Phi) is 8.85. The van der Waals surface area contributed by atoms with Gasteiger partial charge < -0.3 is 23.3 Å². The molecule has 1 N–H and O–H groups in total. The highest BCUT2D eigenvalue weighted by atomic mass is 28.4. The normalized spacial score (nSPS) is 20.7. The Morgan fingerprint density at radius 2 is 1.74 bits per heavy atom. The van der Waals surface area contributed by atoms with Crippen molar-refractivity contribution in [2.45, 2.75) is 45.8 Å². The standard InChI is InChI=1S/C13H29NO4Si/c1-4-16-19(17-5-2,18-6-3)11-7-8-13-12-14-9-10-15-13/h13-14H,4-12H2,1-3H3. The van der Waals surface area contributed by atoms with Gasteiger partial charge in [0, 0.05) is 39.0 Å². The maximum absolute atomic E-state index is 5.84. The van der Waals surface area contributed by atoms with E-state index < -0.39 is 8.80 Å². The van der Waals surface area contributed by atoms with Crippen molar-refractivity contribution in [3.63, 3.8) is 0 Å². The van der Waals surface area contributed by atoms with Crippen LogP contribution in [0.3, 0.4) is 0 Å². The fourth-order valence-corrected chi connectivity index (χ4v) is 4.99. The van der Waals surface area contributed by atoms with Crippen LogP contribution in [0.2, 0.25) is 6.04 Å². The van der Waals surface area contributed by atoms with Crippen LogP contribution in [-0.2, 0) is 18.0 Å². The first kappa shape index (κ1) is 17.1. The molecule has 0 bridgehead atoms. The summed E-state index contributed by atoms with van der Waals surface area (Å²) < 4.78 is 23.2.